The molecule has 1 aromatic heterocycles. The minimum atomic E-state index is -4.33. The molecule has 7 heteroatoms. The number of aromatic nitrogens is 2. The first kappa shape index (κ1) is 16.1. The molecule has 118 valence electrons. The summed E-state index contributed by atoms with van der Waals surface area (Å²) in [5, 5.41) is 11.1. The van der Waals surface area contributed by atoms with Gasteiger partial charge in [-0.25, -0.2) is 0 Å². The van der Waals surface area contributed by atoms with Crippen molar-refractivity contribution < 1.29 is 17.9 Å². The predicted octanol–water partition coefficient (Wildman–Crippen LogP) is 3.65. The summed E-state index contributed by atoms with van der Waals surface area (Å²) in [6, 6.07) is 8.31. The monoisotopic (exact) mass is 311 g/mol. The Balaban J connectivity index is 1.89. The molecule has 0 saturated carbocycles. The summed E-state index contributed by atoms with van der Waals surface area (Å²) in [6.45, 7) is 3.04. The van der Waals surface area contributed by atoms with E-state index in [0.717, 1.165) is 16.8 Å². The summed E-state index contributed by atoms with van der Waals surface area (Å²) in [5.74, 6) is 0.840. The summed E-state index contributed by atoms with van der Waals surface area (Å²) in [7, 11) is 0. The molecule has 0 bridgehead atoms. The summed E-state index contributed by atoms with van der Waals surface area (Å²) in [4.78, 5) is 0. The lowest BCUT2D eigenvalue weighted by Crippen LogP contribution is -2.19. The van der Waals surface area contributed by atoms with E-state index in [-0.39, 0.29) is 5.75 Å². The molecule has 2 aromatic rings. The second-order valence-electron chi connectivity index (χ2n) is 4.90. The number of aryl methyl sites for hydroxylation is 2. The van der Waals surface area contributed by atoms with Crippen LogP contribution in [0.3, 0.4) is 0 Å². The minimum Gasteiger partial charge on any atom is -0.484 e. The minimum absolute atomic E-state index is 0.187. The second-order valence-corrected chi connectivity index (χ2v) is 4.90. The first-order chi connectivity index (χ1) is 10.3. The highest BCUT2D eigenvalue weighted by Gasteiger charge is 2.28. The molecule has 22 heavy (non-hydrogen) atoms. The molecular formula is C15H16F3N3O. The van der Waals surface area contributed by atoms with Gasteiger partial charge in [-0.3, -0.25) is 0 Å². The van der Waals surface area contributed by atoms with Crippen molar-refractivity contribution in [2.75, 3.05) is 11.9 Å². The van der Waals surface area contributed by atoms with Gasteiger partial charge in [0.1, 0.15) is 11.6 Å². The van der Waals surface area contributed by atoms with Crippen LogP contribution in [0.2, 0.25) is 0 Å². The Morgan fingerprint density at radius 3 is 2.36 bits per heavy atom. The quantitative estimate of drug-likeness (QED) is 0.915. The normalized spacial score (nSPS) is 11.3. The molecule has 0 amide bonds. The Labute approximate surface area is 126 Å². The molecule has 0 radical (unpaired) electrons. The zero-order valence-corrected chi connectivity index (χ0v) is 12.2. The number of alkyl halides is 3. The first-order valence-corrected chi connectivity index (χ1v) is 6.67. The van der Waals surface area contributed by atoms with Gasteiger partial charge in [0.15, 0.2) is 6.61 Å². The van der Waals surface area contributed by atoms with Crippen molar-refractivity contribution in [3.63, 3.8) is 0 Å². The Kier molecular flexibility index (Phi) is 4.85. The smallest absolute Gasteiger partial charge is 0.422 e. The maximum atomic E-state index is 12.0. The van der Waals surface area contributed by atoms with E-state index in [1.807, 2.05) is 19.9 Å². The van der Waals surface area contributed by atoms with Crippen LogP contribution in [0, 0.1) is 13.8 Å². The third kappa shape index (κ3) is 4.91. The Morgan fingerprint density at radius 2 is 1.77 bits per heavy atom. The van der Waals surface area contributed by atoms with E-state index in [2.05, 4.69) is 20.3 Å². The van der Waals surface area contributed by atoms with Crippen molar-refractivity contribution in [1.29, 1.82) is 0 Å². The van der Waals surface area contributed by atoms with Gasteiger partial charge < -0.3 is 10.1 Å². The fourth-order valence-corrected chi connectivity index (χ4v) is 1.69. The number of hydrogen-bond donors (Lipinski definition) is 1. The van der Waals surface area contributed by atoms with Crippen LogP contribution in [0.25, 0.3) is 0 Å². The van der Waals surface area contributed by atoms with Gasteiger partial charge in [0, 0.05) is 6.54 Å². The topological polar surface area (TPSA) is 47.0 Å². The number of benzene rings is 1. The van der Waals surface area contributed by atoms with Crippen LogP contribution in [0.4, 0.5) is 19.0 Å². The predicted molar refractivity (Wildman–Crippen MR) is 76.8 cm³/mol. The lowest BCUT2D eigenvalue weighted by Gasteiger charge is -2.10. The molecule has 1 aromatic carbocycles. The van der Waals surface area contributed by atoms with Gasteiger partial charge in [0.2, 0.25) is 0 Å². The van der Waals surface area contributed by atoms with Gasteiger partial charge in [0.25, 0.3) is 0 Å². The van der Waals surface area contributed by atoms with Crippen LogP contribution in [0.15, 0.2) is 30.3 Å². The summed E-state index contributed by atoms with van der Waals surface area (Å²) >= 11 is 0. The number of hydrogen-bond acceptors (Lipinski definition) is 4. The van der Waals surface area contributed by atoms with Crippen molar-refractivity contribution in [3.8, 4) is 5.75 Å². The highest BCUT2D eigenvalue weighted by atomic mass is 19.4. The Morgan fingerprint density at radius 1 is 1.09 bits per heavy atom. The molecule has 0 fully saturated rings. The number of anilines is 1. The van der Waals surface area contributed by atoms with Gasteiger partial charge in [-0.15, -0.1) is 5.10 Å². The molecule has 1 N–H and O–H groups in total. The molecule has 0 aliphatic carbocycles. The fourth-order valence-electron chi connectivity index (χ4n) is 1.69. The van der Waals surface area contributed by atoms with Crippen molar-refractivity contribution in [1.82, 2.24) is 10.2 Å². The number of nitrogens with zero attached hydrogens (tertiary/aromatic N) is 2. The number of rotatable bonds is 5. The van der Waals surface area contributed by atoms with Crippen molar-refractivity contribution in [2.45, 2.75) is 26.6 Å². The molecular weight excluding hydrogens is 295 g/mol. The van der Waals surface area contributed by atoms with Gasteiger partial charge >= 0.3 is 6.18 Å². The van der Waals surface area contributed by atoms with Crippen LogP contribution in [0.1, 0.15) is 16.8 Å². The van der Waals surface area contributed by atoms with Gasteiger partial charge in [-0.1, -0.05) is 12.1 Å². The van der Waals surface area contributed by atoms with Crippen molar-refractivity contribution in [3.05, 3.63) is 47.2 Å². The second kappa shape index (κ2) is 6.64. The van der Waals surface area contributed by atoms with E-state index in [1.54, 1.807) is 12.1 Å². The van der Waals surface area contributed by atoms with Gasteiger partial charge in [-0.2, -0.15) is 18.3 Å². The number of halogens is 3. The average Bonchev–Trinajstić information content (AvgIpc) is 2.47. The van der Waals surface area contributed by atoms with Crippen LogP contribution in [-0.2, 0) is 6.54 Å². The number of ether oxygens (including phenoxy) is 1. The zero-order valence-electron chi connectivity index (χ0n) is 12.2. The van der Waals surface area contributed by atoms with Gasteiger partial charge in [0.05, 0.1) is 5.69 Å². The molecule has 0 saturated heterocycles. The van der Waals surface area contributed by atoms with E-state index < -0.39 is 12.8 Å². The third-order valence-corrected chi connectivity index (χ3v) is 3.03. The van der Waals surface area contributed by atoms with E-state index in [1.165, 1.54) is 12.1 Å². The van der Waals surface area contributed by atoms with Gasteiger partial charge in [-0.05, 0) is 43.2 Å². The summed E-state index contributed by atoms with van der Waals surface area (Å²) < 4.78 is 40.8. The number of nitrogens with one attached hydrogen (secondary N) is 1. The highest BCUT2D eigenvalue weighted by molar-refractivity contribution is 5.38. The van der Waals surface area contributed by atoms with E-state index in [9.17, 15) is 13.2 Å². The summed E-state index contributed by atoms with van der Waals surface area (Å²) in [6.07, 6.45) is -4.33. The summed E-state index contributed by atoms with van der Waals surface area (Å²) in [5.41, 5.74) is 2.81. The van der Waals surface area contributed by atoms with E-state index in [4.69, 9.17) is 0 Å². The molecule has 0 atom stereocenters. The van der Waals surface area contributed by atoms with Crippen molar-refractivity contribution >= 4 is 5.82 Å². The van der Waals surface area contributed by atoms with Crippen LogP contribution in [-0.4, -0.2) is 23.0 Å². The Bertz CT molecular complexity index is 627. The third-order valence-electron chi connectivity index (χ3n) is 3.03. The largest absolute Gasteiger partial charge is 0.484 e. The van der Waals surface area contributed by atoms with Crippen LogP contribution in [0.5, 0.6) is 5.75 Å². The standard InChI is InChI=1S/C15H16F3N3O/c1-10-7-14(21-20-11(10)2)19-8-12-3-5-13(6-4-12)22-9-15(16,17)18/h3-7H,8-9H2,1-2H3,(H,19,21). The average molecular weight is 311 g/mol. The van der Waals surface area contributed by atoms with E-state index >= 15 is 0 Å². The molecule has 0 aliphatic rings. The first-order valence-electron chi connectivity index (χ1n) is 6.67. The van der Waals surface area contributed by atoms with E-state index in [0.29, 0.717) is 12.4 Å². The molecule has 2 rings (SSSR count). The molecule has 0 unspecified atom stereocenters. The van der Waals surface area contributed by atoms with Crippen LogP contribution >= 0.6 is 0 Å². The molecule has 1 heterocycles. The molecule has 0 spiro atoms. The SMILES string of the molecule is Cc1cc(NCc2ccc(OCC(F)(F)F)cc2)nnc1C. The maximum absolute atomic E-state index is 12.0. The lowest BCUT2D eigenvalue weighted by atomic mass is 10.2. The maximum Gasteiger partial charge on any atom is 0.422 e. The zero-order chi connectivity index (χ0) is 16.2. The van der Waals surface area contributed by atoms with Crippen molar-refractivity contribution in [2.24, 2.45) is 0 Å². The van der Waals surface area contributed by atoms with Crippen LogP contribution < -0.4 is 10.1 Å². The fraction of sp³-hybridized carbons (Fsp3) is 0.333. The highest BCUT2D eigenvalue weighted by Crippen LogP contribution is 2.19. The molecule has 0 aliphatic heterocycles. The lowest BCUT2D eigenvalue weighted by molar-refractivity contribution is -0.153. The Hall–Kier alpha value is -2.31. The molecule has 4 nitrogen and oxygen atoms in total.